The van der Waals surface area contributed by atoms with Gasteiger partial charge in [-0.1, -0.05) is 48.5 Å². The molecule has 8 nitrogen and oxygen atoms in total. The average molecular weight is 559 g/mol. The van der Waals surface area contributed by atoms with Gasteiger partial charge in [-0.3, -0.25) is 0 Å². The monoisotopic (exact) mass is 559 g/mol. The molecule has 0 aromatic heterocycles. The van der Waals surface area contributed by atoms with Gasteiger partial charge < -0.3 is 37.9 Å². The molecule has 0 atom stereocenters. The van der Waals surface area contributed by atoms with Crippen molar-refractivity contribution in [3.05, 3.63) is 97.1 Å². The zero-order valence-electron chi connectivity index (χ0n) is 23.9. The molecule has 0 heterocycles. The number of methoxy groups -OCH3 is 4. The fraction of sp³-hybridized carbons (Fsp3) is 0.250. The van der Waals surface area contributed by atoms with Crippen LogP contribution in [0.3, 0.4) is 0 Å². The highest BCUT2D eigenvalue weighted by atomic mass is 16.7. The summed E-state index contributed by atoms with van der Waals surface area (Å²) < 4.78 is 43.1. The highest BCUT2D eigenvalue weighted by Crippen LogP contribution is 2.19. The van der Waals surface area contributed by atoms with E-state index in [0.29, 0.717) is 0 Å². The number of hydrogen-bond donors (Lipinski definition) is 0. The molecule has 0 aliphatic rings. The van der Waals surface area contributed by atoms with Gasteiger partial charge in [0.15, 0.2) is 27.2 Å². The minimum absolute atomic E-state index is 0.171. The lowest BCUT2D eigenvalue weighted by Crippen LogP contribution is -2.74. The van der Waals surface area contributed by atoms with E-state index in [1.54, 1.807) is 28.4 Å². The summed E-state index contributed by atoms with van der Waals surface area (Å²) in [6, 6.07) is 32.5. The Labute approximate surface area is 241 Å². The quantitative estimate of drug-likeness (QED) is 0.153. The Morgan fingerprint density at radius 2 is 0.537 bits per heavy atom. The lowest BCUT2D eigenvalue weighted by Gasteiger charge is -2.44. The molecule has 0 aliphatic carbocycles. The van der Waals surface area contributed by atoms with E-state index < -0.39 is 6.15 Å². The molecule has 0 radical (unpaired) electrons. The molecule has 4 aromatic rings. The van der Waals surface area contributed by atoms with Gasteiger partial charge in [-0.25, -0.2) is 0 Å². The van der Waals surface area contributed by atoms with Crippen LogP contribution in [-0.2, 0) is 18.9 Å². The molecule has 9 heteroatoms. The standard InChI is InChI=1S/C32H36BO8/c1-34-21-38-29-13-5-25(6-14-29)33(26-7-15-30(16-8-26)39-22-35-2,27-9-17-31(18-10-27)40-23-36-3)28-11-19-32(20-12-28)41-24-37-4/h5-20H,21-24H2,1-4H3/q-1. The van der Waals surface area contributed by atoms with Crippen LogP contribution in [0.1, 0.15) is 0 Å². The van der Waals surface area contributed by atoms with Gasteiger partial charge in [0.1, 0.15) is 29.1 Å². The molecular weight excluding hydrogens is 523 g/mol. The SMILES string of the molecule is COCOc1ccc([B-](c2ccc(OCOC)cc2)(c2ccc(OCOC)cc2)c2ccc(OCOC)cc2)cc1. The van der Waals surface area contributed by atoms with Crippen LogP contribution in [0.2, 0.25) is 0 Å². The van der Waals surface area contributed by atoms with E-state index >= 15 is 0 Å². The van der Waals surface area contributed by atoms with Crippen molar-refractivity contribution in [1.82, 2.24) is 0 Å². The second-order valence-corrected chi connectivity index (χ2v) is 9.35. The molecular formula is C32H36BO8-. The van der Waals surface area contributed by atoms with Crippen molar-refractivity contribution in [1.29, 1.82) is 0 Å². The van der Waals surface area contributed by atoms with Gasteiger partial charge in [0, 0.05) is 28.4 Å². The first kappa shape index (κ1) is 30.0. The zero-order chi connectivity index (χ0) is 28.9. The maximum atomic E-state index is 5.70. The molecule has 0 aliphatic heterocycles. The van der Waals surface area contributed by atoms with Crippen LogP contribution in [0.4, 0.5) is 0 Å². The fourth-order valence-corrected chi connectivity index (χ4v) is 5.07. The van der Waals surface area contributed by atoms with Crippen LogP contribution >= 0.6 is 0 Å². The van der Waals surface area contributed by atoms with Gasteiger partial charge in [-0.05, 0) is 48.5 Å². The van der Waals surface area contributed by atoms with Crippen molar-refractivity contribution in [2.24, 2.45) is 0 Å². The summed E-state index contributed by atoms with van der Waals surface area (Å²) in [5.74, 6) is 2.87. The molecule has 0 N–H and O–H groups in total. The summed E-state index contributed by atoms with van der Waals surface area (Å²) in [4.78, 5) is 0. The predicted molar refractivity (Wildman–Crippen MR) is 160 cm³/mol. The van der Waals surface area contributed by atoms with Crippen LogP contribution in [0.15, 0.2) is 97.1 Å². The highest BCUT2D eigenvalue weighted by molar-refractivity contribution is 7.19. The van der Waals surface area contributed by atoms with Crippen LogP contribution < -0.4 is 40.8 Å². The van der Waals surface area contributed by atoms with Gasteiger partial charge in [0.2, 0.25) is 0 Å². The van der Waals surface area contributed by atoms with Gasteiger partial charge in [-0.15, -0.1) is 0 Å². The molecule has 4 aromatic carbocycles. The molecule has 0 saturated carbocycles. The van der Waals surface area contributed by atoms with Crippen molar-refractivity contribution in [3.63, 3.8) is 0 Å². The molecule has 216 valence electrons. The van der Waals surface area contributed by atoms with Crippen LogP contribution in [-0.4, -0.2) is 61.8 Å². The molecule has 0 bridgehead atoms. The molecule has 0 amide bonds. The van der Waals surface area contributed by atoms with E-state index in [1.807, 2.05) is 48.5 Å². The second kappa shape index (κ2) is 15.1. The molecule has 0 fully saturated rings. The van der Waals surface area contributed by atoms with Gasteiger partial charge >= 0.3 is 0 Å². The van der Waals surface area contributed by atoms with Crippen molar-refractivity contribution in [2.75, 3.05) is 55.6 Å². The summed E-state index contributed by atoms with van der Waals surface area (Å²) in [7, 11) is 6.40. The fourth-order valence-electron chi connectivity index (χ4n) is 5.07. The topological polar surface area (TPSA) is 73.8 Å². The largest absolute Gasteiger partial charge is 0.468 e. The maximum Gasteiger partial charge on any atom is 0.188 e. The maximum absolute atomic E-state index is 5.70. The average Bonchev–Trinajstić information content (AvgIpc) is 3.03. The van der Waals surface area contributed by atoms with E-state index in [4.69, 9.17) is 37.9 Å². The van der Waals surface area contributed by atoms with Gasteiger partial charge in [-0.2, -0.15) is 21.9 Å². The minimum atomic E-state index is -1.69. The second-order valence-electron chi connectivity index (χ2n) is 9.35. The first-order chi connectivity index (χ1) is 20.1. The predicted octanol–water partition coefficient (Wildman–Crippen LogP) is 2.99. The number of rotatable bonds is 16. The highest BCUT2D eigenvalue weighted by Gasteiger charge is 2.32. The van der Waals surface area contributed by atoms with Crippen LogP contribution in [0.5, 0.6) is 23.0 Å². The Hall–Kier alpha value is -4.02. The number of hydrogen-bond acceptors (Lipinski definition) is 8. The Kier molecular flexibility index (Phi) is 11.0. The van der Waals surface area contributed by atoms with E-state index in [1.165, 1.54) is 0 Å². The summed E-state index contributed by atoms with van der Waals surface area (Å²) in [5, 5.41) is 0. The van der Waals surface area contributed by atoms with E-state index in [-0.39, 0.29) is 27.2 Å². The summed E-state index contributed by atoms with van der Waals surface area (Å²) in [6.07, 6.45) is -1.69. The molecule has 0 unspecified atom stereocenters. The lowest BCUT2D eigenvalue weighted by atomic mass is 9.13. The Bertz CT molecular complexity index is 1100. The zero-order valence-corrected chi connectivity index (χ0v) is 23.9. The van der Waals surface area contributed by atoms with E-state index in [0.717, 1.165) is 44.8 Å². The Morgan fingerprint density at radius 3 is 0.707 bits per heavy atom. The third kappa shape index (κ3) is 7.20. The third-order valence-corrected chi connectivity index (χ3v) is 6.89. The van der Waals surface area contributed by atoms with E-state index in [2.05, 4.69) is 48.5 Å². The first-order valence-electron chi connectivity index (χ1n) is 13.2. The smallest absolute Gasteiger partial charge is 0.188 e. The van der Waals surface area contributed by atoms with Crippen molar-refractivity contribution in [2.45, 2.75) is 0 Å². The summed E-state index contributed by atoms with van der Waals surface area (Å²) >= 11 is 0. The summed E-state index contributed by atoms with van der Waals surface area (Å²) in [5.41, 5.74) is 4.38. The van der Waals surface area contributed by atoms with Gasteiger partial charge in [0.25, 0.3) is 0 Å². The molecule has 0 saturated heterocycles. The van der Waals surface area contributed by atoms with Gasteiger partial charge in [0.05, 0.1) is 0 Å². The summed E-state index contributed by atoms with van der Waals surface area (Å²) in [6.45, 7) is 0.684. The molecule has 4 rings (SSSR count). The normalized spacial score (nSPS) is 11.2. The third-order valence-electron chi connectivity index (χ3n) is 6.89. The Balaban J connectivity index is 1.91. The lowest BCUT2D eigenvalue weighted by molar-refractivity contribution is 0.0510. The van der Waals surface area contributed by atoms with Crippen LogP contribution in [0, 0.1) is 0 Å². The minimum Gasteiger partial charge on any atom is -0.468 e. The van der Waals surface area contributed by atoms with Crippen molar-refractivity contribution < 1.29 is 37.9 Å². The Morgan fingerprint density at radius 1 is 0.341 bits per heavy atom. The van der Waals surface area contributed by atoms with Crippen molar-refractivity contribution in [3.8, 4) is 23.0 Å². The van der Waals surface area contributed by atoms with Crippen molar-refractivity contribution >= 4 is 28.0 Å². The first-order valence-corrected chi connectivity index (χ1v) is 13.2. The number of benzene rings is 4. The van der Waals surface area contributed by atoms with E-state index in [9.17, 15) is 0 Å². The molecule has 41 heavy (non-hydrogen) atoms. The number of ether oxygens (including phenoxy) is 8. The molecule has 0 spiro atoms. The van der Waals surface area contributed by atoms with Crippen LogP contribution in [0.25, 0.3) is 0 Å².